The molecule has 0 rings (SSSR count). The second kappa shape index (κ2) is 14.3. The lowest BCUT2D eigenvalue weighted by Gasteiger charge is -2.25. The molecule has 0 aromatic heterocycles. The third-order valence-corrected chi connectivity index (χ3v) is 4.32. The predicted molar refractivity (Wildman–Crippen MR) is 109 cm³/mol. The molecule has 13 heteroatoms. The van der Waals surface area contributed by atoms with Crippen LogP contribution < -0.4 is 27.4 Å². The molecule has 10 N–H and O–H groups in total. The Hall–Kier alpha value is -2.77. The quantitative estimate of drug-likeness (QED) is 0.120. The van der Waals surface area contributed by atoms with Crippen molar-refractivity contribution in [3.05, 3.63) is 0 Å². The number of aliphatic hydroxyl groups excluding tert-OH is 1. The van der Waals surface area contributed by atoms with Crippen molar-refractivity contribution in [2.24, 2.45) is 11.5 Å². The number of nitrogens with one attached hydrogen (secondary N) is 3. The van der Waals surface area contributed by atoms with Gasteiger partial charge in [0.05, 0.1) is 12.1 Å². The number of unbranched alkanes of at least 4 members (excludes halogenated alkanes) is 1. The van der Waals surface area contributed by atoms with Crippen LogP contribution in [0.25, 0.3) is 0 Å². The molecule has 0 radical (unpaired) electrons. The van der Waals surface area contributed by atoms with E-state index in [4.69, 9.17) is 21.7 Å². The fraction of sp³-hybridized carbons (Fsp3) is 0.722. The van der Waals surface area contributed by atoms with Crippen molar-refractivity contribution >= 4 is 29.7 Å². The molecule has 5 unspecified atom stereocenters. The number of rotatable bonds is 15. The molecule has 0 aliphatic carbocycles. The maximum atomic E-state index is 12.7. The van der Waals surface area contributed by atoms with Crippen molar-refractivity contribution in [1.82, 2.24) is 16.0 Å². The Labute approximate surface area is 179 Å². The van der Waals surface area contributed by atoms with Gasteiger partial charge in [0.15, 0.2) is 6.04 Å². The summed E-state index contributed by atoms with van der Waals surface area (Å²) in [4.78, 5) is 59.3. The molecule has 0 bridgehead atoms. The topological polar surface area (TPSA) is 234 Å². The lowest BCUT2D eigenvalue weighted by molar-refractivity contribution is -0.145. The molecule has 0 saturated carbocycles. The normalized spacial score (nSPS) is 15.6. The van der Waals surface area contributed by atoms with Crippen LogP contribution in [-0.2, 0) is 24.0 Å². The Bertz CT molecular complexity index is 640. The van der Waals surface area contributed by atoms with Crippen molar-refractivity contribution < 1.29 is 39.3 Å². The van der Waals surface area contributed by atoms with Gasteiger partial charge >= 0.3 is 11.9 Å². The Morgan fingerprint density at radius 1 is 0.839 bits per heavy atom. The number of carbonyl (C=O) groups excluding carboxylic acids is 3. The van der Waals surface area contributed by atoms with Gasteiger partial charge in [0.25, 0.3) is 0 Å². The van der Waals surface area contributed by atoms with Crippen LogP contribution in [0.4, 0.5) is 0 Å². The van der Waals surface area contributed by atoms with Crippen molar-refractivity contribution in [2.75, 3.05) is 6.54 Å². The van der Waals surface area contributed by atoms with E-state index >= 15 is 0 Å². The molecule has 0 saturated heterocycles. The average molecular weight is 447 g/mol. The van der Waals surface area contributed by atoms with Crippen molar-refractivity contribution in [3.63, 3.8) is 0 Å². The second-order valence-electron chi connectivity index (χ2n) is 7.19. The number of hydrogen-bond donors (Lipinski definition) is 8. The van der Waals surface area contributed by atoms with Crippen molar-refractivity contribution in [1.29, 1.82) is 0 Å². The zero-order valence-corrected chi connectivity index (χ0v) is 17.7. The molecule has 0 fully saturated rings. The van der Waals surface area contributed by atoms with Gasteiger partial charge < -0.3 is 42.7 Å². The van der Waals surface area contributed by atoms with Gasteiger partial charge in [-0.2, -0.15) is 0 Å². The van der Waals surface area contributed by atoms with E-state index in [1.807, 2.05) is 0 Å². The van der Waals surface area contributed by atoms with E-state index in [0.717, 1.165) is 6.92 Å². The van der Waals surface area contributed by atoms with Gasteiger partial charge in [0.1, 0.15) is 12.1 Å². The van der Waals surface area contributed by atoms with Crippen LogP contribution in [0.3, 0.4) is 0 Å². The number of aliphatic carboxylic acids is 2. The molecule has 0 aliphatic heterocycles. The van der Waals surface area contributed by atoms with Crippen LogP contribution in [0.2, 0.25) is 0 Å². The molecule has 3 amide bonds. The van der Waals surface area contributed by atoms with Crippen LogP contribution >= 0.6 is 0 Å². The van der Waals surface area contributed by atoms with Crippen LogP contribution in [0.5, 0.6) is 0 Å². The van der Waals surface area contributed by atoms with Gasteiger partial charge in [-0.3, -0.25) is 19.2 Å². The van der Waals surface area contributed by atoms with Gasteiger partial charge in [-0.1, -0.05) is 0 Å². The number of carboxylic acid groups (broad SMARTS) is 2. The number of hydrogen-bond acceptors (Lipinski definition) is 8. The Balaban J connectivity index is 5.46. The molecular formula is C18H33N5O8. The summed E-state index contributed by atoms with van der Waals surface area (Å²) in [5, 5.41) is 34.4. The fourth-order valence-corrected chi connectivity index (χ4v) is 2.52. The largest absolute Gasteiger partial charge is 0.481 e. The monoisotopic (exact) mass is 447 g/mol. The molecule has 13 nitrogen and oxygen atoms in total. The number of carbonyl (C=O) groups is 5. The minimum Gasteiger partial charge on any atom is -0.481 e. The highest BCUT2D eigenvalue weighted by Gasteiger charge is 2.31. The summed E-state index contributed by atoms with van der Waals surface area (Å²) in [6.07, 6.45) is -1.00. The summed E-state index contributed by atoms with van der Waals surface area (Å²) in [6, 6.07) is -5.02. The number of nitrogens with two attached hydrogens (primary N) is 2. The van der Waals surface area contributed by atoms with Crippen LogP contribution in [0.15, 0.2) is 0 Å². The molecule has 0 heterocycles. The van der Waals surface area contributed by atoms with E-state index in [1.54, 1.807) is 0 Å². The van der Waals surface area contributed by atoms with E-state index in [-0.39, 0.29) is 12.8 Å². The summed E-state index contributed by atoms with van der Waals surface area (Å²) in [6.45, 7) is 2.95. The number of carboxylic acids is 2. The zero-order chi connectivity index (χ0) is 24.1. The highest BCUT2D eigenvalue weighted by Crippen LogP contribution is 2.06. The number of amides is 3. The van der Waals surface area contributed by atoms with E-state index in [9.17, 15) is 29.1 Å². The van der Waals surface area contributed by atoms with Crippen LogP contribution in [0.1, 0.15) is 46.0 Å². The average Bonchev–Trinajstić information content (AvgIpc) is 2.67. The second-order valence-corrected chi connectivity index (χ2v) is 7.19. The minimum atomic E-state index is -1.66. The van der Waals surface area contributed by atoms with Gasteiger partial charge in [0.2, 0.25) is 17.7 Å². The van der Waals surface area contributed by atoms with Crippen molar-refractivity contribution in [2.45, 2.75) is 76.2 Å². The van der Waals surface area contributed by atoms with E-state index < -0.39 is 66.4 Å². The SMILES string of the molecule is CC(N)C(=O)NC(CCCCN)C(=O)NC(CCC(=O)O)C(=O)NC(C(=O)O)C(C)O. The molecule has 0 aromatic rings. The van der Waals surface area contributed by atoms with Gasteiger partial charge in [-0.25, -0.2) is 4.79 Å². The highest BCUT2D eigenvalue weighted by atomic mass is 16.4. The van der Waals surface area contributed by atoms with E-state index in [2.05, 4.69) is 16.0 Å². The van der Waals surface area contributed by atoms with E-state index in [0.29, 0.717) is 19.4 Å². The van der Waals surface area contributed by atoms with Gasteiger partial charge in [0, 0.05) is 6.42 Å². The first kappa shape index (κ1) is 28.2. The zero-order valence-electron chi connectivity index (χ0n) is 17.7. The van der Waals surface area contributed by atoms with Gasteiger partial charge in [-0.05, 0) is 46.1 Å². The molecule has 178 valence electrons. The predicted octanol–water partition coefficient (Wildman–Crippen LogP) is -2.75. The fourth-order valence-electron chi connectivity index (χ4n) is 2.52. The van der Waals surface area contributed by atoms with Gasteiger partial charge in [-0.15, -0.1) is 0 Å². The summed E-state index contributed by atoms with van der Waals surface area (Å²) in [5.74, 6) is -5.08. The third-order valence-electron chi connectivity index (χ3n) is 4.32. The smallest absolute Gasteiger partial charge is 0.328 e. The first-order valence-corrected chi connectivity index (χ1v) is 9.90. The molecule has 31 heavy (non-hydrogen) atoms. The standard InChI is InChI=1S/C18H33N5O8/c1-9(20)15(27)21-11(5-3-4-8-19)16(28)22-12(6-7-13(25)26)17(29)23-14(10(2)24)18(30)31/h9-12,14,24H,3-8,19-20H2,1-2H3,(H,21,27)(H,22,28)(H,23,29)(H,25,26)(H,30,31). The van der Waals surface area contributed by atoms with Crippen LogP contribution in [0, 0.1) is 0 Å². The molecule has 0 spiro atoms. The Kier molecular flexibility index (Phi) is 13.0. The maximum Gasteiger partial charge on any atom is 0.328 e. The Morgan fingerprint density at radius 3 is 1.81 bits per heavy atom. The first-order chi connectivity index (χ1) is 14.4. The lowest BCUT2D eigenvalue weighted by Crippen LogP contribution is -2.58. The summed E-state index contributed by atoms with van der Waals surface area (Å²) in [5.41, 5.74) is 10.9. The Morgan fingerprint density at radius 2 is 1.35 bits per heavy atom. The summed E-state index contributed by atoms with van der Waals surface area (Å²) >= 11 is 0. The van der Waals surface area contributed by atoms with Crippen molar-refractivity contribution in [3.8, 4) is 0 Å². The summed E-state index contributed by atoms with van der Waals surface area (Å²) < 4.78 is 0. The highest BCUT2D eigenvalue weighted by molar-refractivity contribution is 5.94. The first-order valence-electron chi connectivity index (χ1n) is 9.90. The molecular weight excluding hydrogens is 414 g/mol. The molecule has 0 aliphatic rings. The summed E-state index contributed by atoms with van der Waals surface area (Å²) in [7, 11) is 0. The minimum absolute atomic E-state index is 0.195. The van der Waals surface area contributed by atoms with Crippen LogP contribution in [-0.4, -0.2) is 81.8 Å². The molecule has 0 aromatic carbocycles. The molecule has 5 atom stereocenters. The lowest BCUT2D eigenvalue weighted by atomic mass is 10.1. The number of aliphatic hydroxyl groups is 1. The van der Waals surface area contributed by atoms with E-state index in [1.165, 1.54) is 6.92 Å². The maximum absolute atomic E-state index is 12.7. The third kappa shape index (κ3) is 11.3.